The summed E-state index contributed by atoms with van der Waals surface area (Å²) >= 11 is 2.43. The van der Waals surface area contributed by atoms with E-state index in [4.69, 9.17) is 4.42 Å². The van der Waals surface area contributed by atoms with Crippen LogP contribution in [0.4, 0.5) is 18.9 Å². The summed E-state index contributed by atoms with van der Waals surface area (Å²) in [6.07, 6.45) is -4.55. The molecule has 6 nitrogen and oxygen atoms in total. The van der Waals surface area contributed by atoms with Crippen LogP contribution >= 0.6 is 15.9 Å². The molecule has 10 heteroatoms. The van der Waals surface area contributed by atoms with E-state index in [0.29, 0.717) is 4.57 Å². The Morgan fingerprint density at radius 1 is 1.45 bits per heavy atom. The van der Waals surface area contributed by atoms with Crippen molar-refractivity contribution in [1.82, 2.24) is 4.57 Å². The fraction of sp³-hybridized carbons (Fsp3) is 0.300. The highest BCUT2D eigenvalue weighted by molar-refractivity contribution is 9.09. The minimum atomic E-state index is -4.55. The van der Waals surface area contributed by atoms with E-state index in [1.807, 2.05) is 0 Å². The van der Waals surface area contributed by atoms with Crippen LogP contribution in [-0.2, 0) is 6.54 Å². The van der Waals surface area contributed by atoms with Gasteiger partial charge in [-0.1, -0.05) is 15.9 Å². The van der Waals surface area contributed by atoms with E-state index in [1.54, 1.807) is 0 Å². The Balaban J connectivity index is 2.52. The maximum absolute atomic E-state index is 12.5. The Morgan fingerprint density at radius 2 is 2.10 bits per heavy atom. The first kappa shape index (κ1) is 14.6. The summed E-state index contributed by atoms with van der Waals surface area (Å²) < 4.78 is 42.9. The topological polar surface area (TPSA) is 78.3 Å². The summed E-state index contributed by atoms with van der Waals surface area (Å²) in [5.74, 6) is -1.01. The van der Waals surface area contributed by atoms with Crippen molar-refractivity contribution in [3.05, 3.63) is 38.9 Å². The Bertz CT molecular complexity index is 721. The van der Waals surface area contributed by atoms with Crippen molar-refractivity contribution in [2.75, 3.05) is 0 Å². The van der Waals surface area contributed by atoms with Crippen LogP contribution in [0.5, 0.6) is 0 Å². The van der Waals surface area contributed by atoms with Crippen LogP contribution in [0, 0.1) is 10.1 Å². The highest BCUT2D eigenvalue weighted by Gasteiger charge is 2.38. The van der Waals surface area contributed by atoms with E-state index in [-0.39, 0.29) is 16.8 Å². The second-order valence-corrected chi connectivity index (χ2v) is 5.00. The minimum absolute atomic E-state index is 0.0116. The van der Waals surface area contributed by atoms with Crippen molar-refractivity contribution in [2.45, 2.75) is 17.5 Å². The molecule has 0 bridgehead atoms. The van der Waals surface area contributed by atoms with Crippen molar-refractivity contribution in [3.8, 4) is 0 Å². The molecule has 108 valence electrons. The van der Waals surface area contributed by atoms with E-state index in [0.717, 1.165) is 12.1 Å². The van der Waals surface area contributed by atoms with Gasteiger partial charge < -0.3 is 4.42 Å². The Labute approximate surface area is 117 Å². The van der Waals surface area contributed by atoms with Crippen LogP contribution in [-0.4, -0.2) is 20.5 Å². The minimum Gasteiger partial charge on any atom is -0.408 e. The zero-order chi connectivity index (χ0) is 15.1. The van der Waals surface area contributed by atoms with Gasteiger partial charge in [-0.3, -0.25) is 14.7 Å². The third-order valence-corrected chi connectivity index (χ3v) is 3.37. The molecular formula is C10H6BrF3N2O4. The van der Waals surface area contributed by atoms with Crippen molar-refractivity contribution in [3.63, 3.8) is 0 Å². The van der Waals surface area contributed by atoms with Gasteiger partial charge in [-0.2, -0.15) is 13.2 Å². The zero-order valence-electron chi connectivity index (χ0n) is 9.56. The lowest BCUT2D eigenvalue weighted by Gasteiger charge is -2.13. The predicted octanol–water partition coefficient (Wildman–Crippen LogP) is 2.83. The van der Waals surface area contributed by atoms with Crippen molar-refractivity contribution in [2.24, 2.45) is 0 Å². The summed E-state index contributed by atoms with van der Waals surface area (Å²) in [5, 5.41) is 10.6. The Hall–Kier alpha value is -1.84. The second-order valence-electron chi connectivity index (χ2n) is 3.90. The quantitative estimate of drug-likeness (QED) is 0.482. The van der Waals surface area contributed by atoms with Crippen LogP contribution in [0.2, 0.25) is 0 Å². The predicted molar refractivity (Wildman–Crippen MR) is 65.9 cm³/mol. The first-order valence-corrected chi connectivity index (χ1v) is 6.10. The smallest absolute Gasteiger partial charge is 0.408 e. The van der Waals surface area contributed by atoms with Gasteiger partial charge in [0.1, 0.15) is 4.83 Å². The maximum Gasteiger partial charge on any atom is 0.419 e. The number of non-ortho nitro benzene ring substituents is 1. The molecule has 20 heavy (non-hydrogen) atoms. The van der Waals surface area contributed by atoms with Crippen LogP contribution in [0.25, 0.3) is 11.1 Å². The second kappa shape index (κ2) is 4.93. The van der Waals surface area contributed by atoms with E-state index < -0.39 is 28.2 Å². The fourth-order valence-corrected chi connectivity index (χ4v) is 1.89. The lowest BCUT2D eigenvalue weighted by molar-refractivity contribution is -0.384. The molecule has 0 fully saturated rings. The number of nitro benzene ring substituents is 1. The molecule has 2 rings (SSSR count). The number of rotatable bonds is 3. The number of alkyl halides is 4. The summed E-state index contributed by atoms with van der Waals surface area (Å²) in [6, 6.07) is 3.27. The average molecular weight is 355 g/mol. The number of nitrogens with zero attached hydrogens (tertiary/aromatic N) is 2. The summed E-state index contributed by atoms with van der Waals surface area (Å²) in [5.41, 5.74) is -0.412. The molecule has 0 N–H and O–H groups in total. The summed E-state index contributed by atoms with van der Waals surface area (Å²) in [6.45, 7) is -0.740. The number of oxazole rings is 1. The number of hydrogen-bond acceptors (Lipinski definition) is 4. The molecule has 1 aromatic heterocycles. The SMILES string of the molecule is O=c1oc2ccc([N+](=O)[O-])cc2n1CC(Br)C(F)(F)F. The van der Waals surface area contributed by atoms with Gasteiger partial charge in [0, 0.05) is 12.1 Å². The van der Waals surface area contributed by atoms with Crippen LogP contribution in [0.15, 0.2) is 27.4 Å². The highest BCUT2D eigenvalue weighted by atomic mass is 79.9. The molecule has 0 aliphatic heterocycles. The molecular weight excluding hydrogens is 349 g/mol. The lowest BCUT2D eigenvalue weighted by Crippen LogP contribution is -2.30. The van der Waals surface area contributed by atoms with Gasteiger partial charge in [0.05, 0.1) is 17.0 Å². The first-order chi connectivity index (χ1) is 9.20. The van der Waals surface area contributed by atoms with Gasteiger partial charge >= 0.3 is 11.9 Å². The Morgan fingerprint density at radius 3 is 2.65 bits per heavy atom. The molecule has 0 aliphatic carbocycles. The largest absolute Gasteiger partial charge is 0.419 e. The Kier molecular flexibility index (Phi) is 3.59. The third-order valence-electron chi connectivity index (χ3n) is 2.56. The van der Waals surface area contributed by atoms with Crippen molar-refractivity contribution in [1.29, 1.82) is 0 Å². The van der Waals surface area contributed by atoms with Gasteiger partial charge in [0.2, 0.25) is 0 Å². The molecule has 0 saturated carbocycles. The lowest BCUT2D eigenvalue weighted by atomic mass is 10.3. The van der Waals surface area contributed by atoms with Crippen LogP contribution < -0.4 is 5.76 Å². The van der Waals surface area contributed by atoms with Crippen LogP contribution in [0.3, 0.4) is 0 Å². The monoisotopic (exact) mass is 354 g/mol. The van der Waals surface area contributed by atoms with Gasteiger partial charge in [-0.15, -0.1) is 0 Å². The van der Waals surface area contributed by atoms with E-state index >= 15 is 0 Å². The molecule has 1 unspecified atom stereocenters. The van der Waals surface area contributed by atoms with E-state index in [1.165, 1.54) is 6.07 Å². The summed E-state index contributed by atoms with van der Waals surface area (Å²) in [4.78, 5) is 19.5. The molecule has 0 radical (unpaired) electrons. The van der Waals surface area contributed by atoms with Crippen molar-refractivity contribution < 1.29 is 22.5 Å². The number of fused-ring (bicyclic) bond motifs is 1. The van der Waals surface area contributed by atoms with Gasteiger partial charge in [-0.25, -0.2) is 4.79 Å². The molecule has 1 atom stereocenters. The average Bonchev–Trinajstić information content (AvgIpc) is 2.64. The molecule has 0 aliphatic rings. The zero-order valence-corrected chi connectivity index (χ0v) is 11.1. The molecule has 0 saturated heterocycles. The van der Waals surface area contributed by atoms with E-state index in [9.17, 15) is 28.1 Å². The maximum atomic E-state index is 12.5. The number of nitro groups is 1. The highest BCUT2D eigenvalue weighted by Crippen LogP contribution is 2.29. The number of halogens is 4. The summed E-state index contributed by atoms with van der Waals surface area (Å²) in [7, 11) is 0. The normalized spacial score (nSPS) is 13.6. The standard InChI is InChI=1S/C10H6BrF3N2O4/c11-8(10(12,13)14)4-15-6-3-5(16(18)19)1-2-7(6)20-9(15)17/h1-3,8H,4H2. The molecule has 1 aromatic carbocycles. The van der Waals surface area contributed by atoms with Gasteiger partial charge in [0.25, 0.3) is 5.69 Å². The molecule has 2 aromatic rings. The van der Waals surface area contributed by atoms with Gasteiger partial charge in [-0.05, 0) is 6.07 Å². The third kappa shape index (κ3) is 2.69. The van der Waals surface area contributed by atoms with Crippen LogP contribution in [0.1, 0.15) is 0 Å². The number of benzene rings is 1. The fourth-order valence-electron chi connectivity index (χ4n) is 1.60. The van der Waals surface area contributed by atoms with E-state index in [2.05, 4.69) is 15.9 Å². The molecule has 0 amide bonds. The number of hydrogen-bond donors (Lipinski definition) is 0. The molecule has 1 heterocycles. The number of aromatic nitrogens is 1. The van der Waals surface area contributed by atoms with Crippen molar-refractivity contribution >= 4 is 32.7 Å². The first-order valence-electron chi connectivity index (χ1n) is 5.18. The molecule has 0 spiro atoms. The van der Waals surface area contributed by atoms with Gasteiger partial charge in [0.15, 0.2) is 5.58 Å².